The van der Waals surface area contributed by atoms with Gasteiger partial charge < -0.3 is 10.1 Å². The van der Waals surface area contributed by atoms with E-state index in [1.54, 1.807) is 7.11 Å². The van der Waals surface area contributed by atoms with E-state index in [-0.39, 0.29) is 0 Å². The molecule has 1 radical (unpaired) electrons. The summed E-state index contributed by atoms with van der Waals surface area (Å²) in [6, 6.07) is 0. The third-order valence-electron chi connectivity index (χ3n) is 0.900. The molecular formula is C6H8NO. The smallest absolute Gasteiger partial charge is 0.210 e. The van der Waals surface area contributed by atoms with Gasteiger partial charge in [-0.2, -0.15) is 0 Å². The second-order valence-electron chi connectivity index (χ2n) is 1.43. The van der Waals surface area contributed by atoms with Crippen LogP contribution in [0, 0.1) is 6.23 Å². The number of nitrogens with one attached hydrogen (secondary N) is 1. The molecule has 2 heteroatoms. The lowest BCUT2D eigenvalue weighted by Gasteiger charge is -2.09. The Bertz CT molecular complexity index is 118. The first kappa shape index (κ1) is 5.38. The zero-order valence-electron chi connectivity index (χ0n) is 4.72. The maximum absolute atomic E-state index is 4.86. The van der Waals surface area contributed by atoms with Crippen LogP contribution >= 0.6 is 0 Å². The van der Waals surface area contributed by atoms with Crippen LogP contribution in [0.4, 0.5) is 0 Å². The van der Waals surface area contributed by atoms with Crippen molar-refractivity contribution in [3.05, 3.63) is 30.7 Å². The molecule has 1 aliphatic heterocycles. The van der Waals surface area contributed by atoms with Gasteiger partial charge >= 0.3 is 0 Å². The van der Waals surface area contributed by atoms with E-state index in [1.165, 1.54) is 0 Å². The highest BCUT2D eigenvalue weighted by molar-refractivity contribution is 5.16. The van der Waals surface area contributed by atoms with E-state index >= 15 is 0 Å². The molecule has 0 aromatic heterocycles. The van der Waals surface area contributed by atoms with Crippen molar-refractivity contribution in [2.45, 2.75) is 0 Å². The molecule has 1 heterocycles. The molecule has 0 spiro atoms. The number of hydrogen-bond acceptors (Lipinski definition) is 2. The number of dihydropyridines is 1. The van der Waals surface area contributed by atoms with Gasteiger partial charge in [0.05, 0.1) is 0 Å². The molecule has 0 bridgehead atoms. The van der Waals surface area contributed by atoms with E-state index in [1.807, 2.05) is 24.4 Å². The van der Waals surface area contributed by atoms with Crippen LogP contribution in [0.15, 0.2) is 24.4 Å². The van der Waals surface area contributed by atoms with Crippen molar-refractivity contribution in [2.24, 2.45) is 0 Å². The lowest BCUT2D eigenvalue weighted by atomic mass is 10.4. The van der Waals surface area contributed by atoms with Crippen molar-refractivity contribution in [3.63, 3.8) is 0 Å². The summed E-state index contributed by atoms with van der Waals surface area (Å²) in [6.45, 7) is 0. The number of hydrogen-bond donors (Lipinski definition) is 1. The van der Waals surface area contributed by atoms with Crippen LogP contribution in [-0.4, -0.2) is 7.11 Å². The molecule has 0 aromatic carbocycles. The quantitative estimate of drug-likeness (QED) is 0.539. The van der Waals surface area contributed by atoms with Gasteiger partial charge in [-0.25, -0.2) is 0 Å². The van der Waals surface area contributed by atoms with Crippen LogP contribution in [0.1, 0.15) is 0 Å². The van der Waals surface area contributed by atoms with Crippen molar-refractivity contribution in [3.8, 4) is 0 Å². The fourth-order valence-corrected chi connectivity index (χ4v) is 0.504. The first-order valence-corrected chi connectivity index (χ1v) is 2.44. The Morgan fingerprint density at radius 1 is 1.50 bits per heavy atom. The molecule has 0 saturated heterocycles. The number of rotatable bonds is 1. The molecule has 0 aliphatic carbocycles. The zero-order valence-corrected chi connectivity index (χ0v) is 4.72. The number of ether oxygens (including phenoxy) is 1. The summed E-state index contributed by atoms with van der Waals surface area (Å²) in [5.74, 6) is 0. The third-order valence-corrected chi connectivity index (χ3v) is 0.900. The maximum atomic E-state index is 4.86. The monoisotopic (exact) mass is 110 g/mol. The van der Waals surface area contributed by atoms with Crippen LogP contribution in [0.5, 0.6) is 0 Å². The molecule has 1 N–H and O–H groups in total. The largest absolute Gasteiger partial charge is 0.356 e. The maximum Gasteiger partial charge on any atom is 0.210 e. The summed E-state index contributed by atoms with van der Waals surface area (Å²) in [4.78, 5) is 0. The Morgan fingerprint density at radius 3 is 2.75 bits per heavy atom. The third kappa shape index (κ3) is 1.10. The van der Waals surface area contributed by atoms with Gasteiger partial charge in [0.2, 0.25) is 6.23 Å². The number of methoxy groups -OCH3 is 1. The van der Waals surface area contributed by atoms with E-state index in [0.717, 1.165) is 6.23 Å². The van der Waals surface area contributed by atoms with E-state index in [4.69, 9.17) is 4.74 Å². The van der Waals surface area contributed by atoms with Crippen LogP contribution in [-0.2, 0) is 4.74 Å². The van der Waals surface area contributed by atoms with E-state index < -0.39 is 0 Å². The first-order valence-electron chi connectivity index (χ1n) is 2.44. The molecule has 0 unspecified atom stereocenters. The Morgan fingerprint density at radius 2 is 2.38 bits per heavy atom. The molecule has 2 nitrogen and oxygen atoms in total. The molecule has 0 fully saturated rings. The standard InChI is InChI=1S/C6H8NO/c1-8-6-4-2-3-5-7-6/h2-5,7H,1H3. The molecule has 43 valence electrons. The highest BCUT2D eigenvalue weighted by atomic mass is 16.5. The summed E-state index contributed by atoms with van der Waals surface area (Å²) in [6.07, 6.45) is 8.28. The minimum absolute atomic E-state index is 0.785. The molecule has 0 atom stereocenters. The highest BCUT2D eigenvalue weighted by Crippen LogP contribution is 2.00. The topological polar surface area (TPSA) is 21.3 Å². The lowest BCUT2D eigenvalue weighted by molar-refractivity contribution is 0.214. The van der Waals surface area contributed by atoms with Gasteiger partial charge in [-0.15, -0.1) is 0 Å². The van der Waals surface area contributed by atoms with Gasteiger partial charge in [-0.3, -0.25) is 0 Å². The lowest BCUT2D eigenvalue weighted by Crippen LogP contribution is -2.15. The van der Waals surface area contributed by atoms with Crippen molar-refractivity contribution in [1.82, 2.24) is 5.32 Å². The normalized spacial score (nSPS) is 18.6. The van der Waals surface area contributed by atoms with E-state index in [0.29, 0.717) is 0 Å². The Labute approximate surface area is 48.8 Å². The van der Waals surface area contributed by atoms with Crippen LogP contribution in [0.2, 0.25) is 0 Å². The predicted molar refractivity (Wildman–Crippen MR) is 31.7 cm³/mol. The average Bonchev–Trinajstić information content (AvgIpc) is 1.90. The van der Waals surface area contributed by atoms with E-state index in [9.17, 15) is 0 Å². The van der Waals surface area contributed by atoms with Gasteiger partial charge in [0.15, 0.2) is 0 Å². The van der Waals surface area contributed by atoms with Crippen molar-refractivity contribution < 1.29 is 4.74 Å². The van der Waals surface area contributed by atoms with Crippen LogP contribution in [0.3, 0.4) is 0 Å². The van der Waals surface area contributed by atoms with Crippen LogP contribution < -0.4 is 5.32 Å². The van der Waals surface area contributed by atoms with Crippen molar-refractivity contribution in [1.29, 1.82) is 0 Å². The molecule has 1 aliphatic rings. The fourth-order valence-electron chi connectivity index (χ4n) is 0.504. The average molecular weight is 110 g/mol. The number of allylic oxidation sites excluding steroid dienone is 2. The van der Waals surface area contributed by atoms with Crippen LogP contribution in [0.25, 0.3) is 0 Å². The van der Waals surface area contributed by atoms with Gasteiger partial charge in [0.25, 0.3) is 0 Å². The minimum Gasteiger partial charge on any atom is -0.356 e. The van der Waals surface area contributed by atoms with Gasteiger partial charge in [-0.05, 0) is 18.4 Å². The fraction of sp³-hybridized carbons (Fsp3) is 0.167. The summed E-state index contributed by atoms with van der Waals surface area (Å²) in [5, 5.41) is 2.90. The van der Waals surface area contributed by atoms with Gasteiger partial charge in [-0.1, -0.05) is 6.08 Å². The highest BCUT2D eigenvalue weighted by Gasteiger charge is 1.99. The molecule has 0 aromatic rings. The summed E-state index contributed by atoms with van der Waals surface area (Å²) in [7, 11) is 1.63. The second-order valence-corrected chi connectivity index (χ2v) is 1.43. The summed E-state index contributed by atoms with van der Waals surface area (Å²) < 4.78 is 4.86. The molecule has 0 amide bonds. The van der Waals surface area contributed by atoms with Crippen molar-refractivity contribution in [2.75, 3.05) is 7.11 Å². The SMILES string of the molecule is CO[C]1C=CC=CN1. The second kappa shape index (κ2) is 2.52. The summed E-state index contributed by atoms with van der Waals surface area (Å²) in [5.41, 5.74) is 0. The van der Waals surface area contributed by atoms with E-state index in [2.05, 4.69) is 5.32 Å². The Hall–Kier alpha value is -0.760. The molecule has 1 rings (SSSR count). The minimum atomic E-state index is 0.785. The summed E-state index contributed by atoms with van der Waals surface area (Å²) >= 11 is 0. The molecule has 0 saturated carbocycles. The molecular weight excluding hydrogens is 102 g/mol. The molecule has 8 heavy (non-hydrogen) atoms. The van der Waals surface area contributed by atoms with Crippen molar-refractivity contribution >= 4 is 0 Å². The zero-order chi connectivity index (χ0) is 5.82. The Balaban J connectivity index is 2.40. The van der Waals surface area contributed by atoms with Gasteiger partial charge in [0.1, 0.15) is 0 Å². The van der Waals surface area contributed by atoms with Gasteiger partial charge in [0, 0.05) is 7.11 Å². The first-order chi connectivity index (χ1) is 3.93. The Kier molecular flexibility index (Phi) is 1.70. The predicted octanol–water partition coefficient (Wildman–Crippen LogP) is 0.795.